The third-order valence-corrected chi connectivity index (χ3v) is 5.31. The van der Waals surface area contributed by atoms with Crippen LogP contribution in [0.2, 0.25) is 0 Å². The Morgan fingerprint density at radius 1 is 1.05 bits per heavy atom. The molecule has 0 saturated carbocycles. The topological polar surface area (TPSA) is 25.4 Å². The van der Waals surface area contributed by atoms with E-state index in [1.807, 2.05) is 18.3 Å². The van der Waals surface area contributed by atoms with Crippen molar-refractivity contribution in [2.75, 3.05) is 13.1 Å². The summed E-state index contributed by atoms with van der Waals surface area (Å²) in [4.78, 5) is 6.96. The molecular weight excluding hydrogens is 387 g/mol. The molecule has 0 bridgehead atoms. The van der Waals surface area contributed by atoms with Gasteiger partial charge in [-0.1, -0.05) is 6.07 Å². The molecule has 2 heterocycles. The lowest BCUT2D eigenvalue weighted by atomic mass is 10.1. The van der Waals surface area contributed by atoms with Gasteiger partial charge in [0.2, 0.25) is 5.88 Å². The van der Waals surface area contributed by atoms with E-state index in [2.05, 4.69) is 50.7 Å². The Morgan fingerprint density at radius 2 is 1.86 bits per heavy atom. The maximum atomic E-state index is 5.89. The van der Waals surface area contributed by atoms with Crippen LogP contribution in [0.4, 0.5) is 0 Å². The standard InChI is InChI=1S/C18H19IN2O/c19-15-4-6-18(20-12-15)22-17-5-3-13-9-16(10-14(13)11-17)21-7-1-2-8-21/h3-6,11-12,16H,1-2,7-10H2. The molecule has 2 aromatic rings. The first-order chi connectivity index (χ1) is 10.8. The van der Waals surface area contributed by atoms with E-state index >= 15 is 0 Å². The van der Waals surface area contributed by atoms with Gasteiger partial charge in [-0.25, -0.2) is 4.98 Å². The number of nitrogens with zero attached hydrogens (tertiary/aromatic N) is 2. The highest BCUT2D eigenvalue weighted by atomic mass is 127. The molecule has 2 aliphatic rings. The van der Waals surface area contributed by atoms with Crippen molar-refractivity contribution in [2.24, 2.45) is 0 Å². The molecule has 0 radical (unpaired) electrons. The van der Waals surface area contributed by atoms with E-state index in [9.17, 15) is 0 Å². The van der Waals surface area contributed by atoms with Crippen molar-refractivity contribution in [3.63, 3.8) is 0 Å². The van der Waals surface area contributed by atoms with Gasteiger partial charge in [0.25, 0.3) is 0 Å². The largest absolute Gasteiger partial charge is 0.439 e. The normalized spacial score (nSPS) is 21.0. The molecule has 1 unspecified atom stereocenters. The molecule has 114 valence electrons. The Morgan fingerprint density at radius 3 is 2.64 bits per heavy atom. The van der Waals surface area contributed by atoms with Gasteiger partial charge in [-0.3, -0.25) is 4.90 Å². The van der Waals surface area contributed by atoms with Crippen molar-refractivity contribution in [1.29, 1.82) is 0 Å². The highest BCUT2D eigenvalue weighted by Crippen LogP contribution is 2.31. The van der Waals surface area contributed by atoms with Crippen molar-refractivity contribution in [2.45, 2.75) is 31.7 Å². The van der Waals surface area contributed by atoms with Gasteiger partial charge in [-0.05, 0) is 90.7 Å². The Hall–Kier alpha value is -1.14. The number of hydrogen-bond donors (Lipinski definition) is 0. The van der Waals surface area contributed by atoms with Crippen LogP contribution in [0.5, 0.6) is 11.6 Å². The van der Waals surface area contributed by atoms with Crippen LogP contribution in [0.15, 0.2) is 36.5 Å². The Bertz CT molecular complexity index is 665. The fourth-order valence-corrected chi connectivity index (χ4v) is 3.86. The van der Waals surface area contributed by atoms with E-state index in [0.29, 0.717) is 11.9 Å². The highest BCUT2D eigenvalue weighted by Gasteiger charge is 2.28. The lowest BCUT2D eigenvalue weighted by molar-refractivity contribution is 0.250. The molecule has 0 N–H and O–H groups in total. The predicted molar refractivity (Wildman–Crippen MR) is 95.5 cm³/mol. The van der Waals surface area contributed by atoms with E-state index in [1.54, 1.807) is 0 Å². The zero-order chi connectivity index (χ0) is 14.9. The van der Waals surface area contributed by atoms with E-state index in [4.69, 9.17) is 4.74 Å². The summed E-state index contributed by atoms with van der Waals surface area (Å²) < 4.78 is 7.01. The number of fused-ring (bicyclic) bond motifs is 1. The average Bonchev–Trinajstić information content (AvgIpc) is 3.17. The summed E-state index contributed by atoms with van der Waals surface area (Å²) in [5.74, 6) is 1.56. The second-order valence-corrected chi connectivity index (χ2v) is 7.40. The fourth-order valence-electron chi connectivity index (χ4n) is 3.54. The Kier molecular flexibility index (Phi) is 4.05. The van der Waals surface area contributed by atoms with Crippen LogP contribution >= 0.6 is 22.6 Å². The SMILES string of the molecule is Ic1ccc(Oc2ccc3c(c2)CC(N2CCCC2)C3)nc1. The lowest BCUT2D eigenvalue weighted by Crippen LogP contribution is -2.33. The van der Waals surface area contributed by atoms with E-state index < -0.39 is 0 Å². The molecule has 4 heteroatoms. The maximum Gasteiger partial charge on any atom is 0.219 e. The molecule has 1 atom stereocenters. The molecule has 1 fully saturated rings. The number of aromatic nitrogens is 1. The summed E-state index contributed by atoms with van der Waals surface area (Å²) in [6.07, 6.45) is 6.90. The summed E-state index contributed by atoms with van der Waals surface area (Å²) in [5, 5.41) is 0. The quantitative estimate of drug-likeness (QED) is 0.720. The number of likely N-dealkylation sites (tertiary alicyclic amines) is 1. The minimum Gasteiger partial charge on any atom is -0.439 e. The van der Waals surface area contributed by atoms with E-state index in [-0.39, 0.29) is 0 Å². The van der Waals surface area contributed by atoms with Gasteiger partial charge in [-0.15, -0.1) is 0 Å². The van der Waals surface area contributed by atoms with Gasteiger partial charge in [0.15, 0.2) is 0 Å². The van der Waals surface area contributed by atoms with E-state index in [1.165, 1.54) is 43.5 Å². The minimum absolute atomic E-state index is 0.662. The molecule has 1 saturated heterocycles. The summed E-state index contributed by atoms with van der Waals surface area (Å²) in [7, 11) is 0. The van der Waals surface area contributed by atoms with Gasteiger partial charge in [0, 0.05) is 21.9 Å². The number of benzene rings is 1. The van der Waals surface area contributed by atoms with Crippen molar-refractivity contribution < 1.29 is 4.74 Å². The Balaban J connectivity index is 1.49. The van der Waals surface area contributed by atoms with Crippen LogP contribution in [-0.4, -0.2) is 29.0 Å². The average molecular weight is 406 g/mol. The first-order valence-corrected chi connectivity index (χ1v) is 9.01. The molecule has 3 nitrogen and oxygen atoms in total. The first kappa shape index (κ1) is 14.5. The van der Waals surface area contributed by atoms with Gasteiger partial charge in [-0.2, -0.15) is 0 Å². The van der Waals surface area contributed by atoms with Gasteiger partial charge in [0.1, 0.15) is 5.75 Å². The van der Waals surface area contributed by atoms with Gasteiger partial charge < -0.3 is 4.74 Å². The summed E-state index contributed by atoms with van der Waals surface area (Å²) in [5.41, 5.74) is 2.93. The number of rotatable bonds is 3. The number of pyridine rings is 1. The van der Waals surface area contributed by atoms with Crippen LogP contribution in [0.1, 0.15) is 24.0 Å². The monoisotopic (exact) mass is 406 g/mol. The van der Waals surface area contributed by atoms with Crippen molar-refractivity contribution in [3.05, 3.63) is 51.2 Å². The Labute approximate surface area is 144 Å². The molecule has 1 aromatic heterocycles. The number of halogens is 1. The second-order valence-electron chi connectivity index (χ2n) is 6.15. The molecule has 1 aromatic carbocycles. The van der Waals surface area contributed by atoms with Crippen LogP contribution in [0.3, 0.4) is 0 Å². The molecule has 0 spiro atoms. The molecule has 4 rings (SSSR count). The third-order valence-electron chi connectivity index (χ3n) is 4.67. The van der Waals surface area contributed by atoms with Crippen LogP contribution < -0.4 is 4.74 Å². The van der Waals surface area contributed by atoms with Crippen molar-refractivity contribution >= 4 is 22.6 Å². The first-order valence-electron chi connectivity index (χ1n) is 7.93. The second kappa shape index (κ2) is 6.16. The van der Waals surface area contributed by atoms with Gasteiger partial charge >= 0.3 is 0 Å². The summed E-state index contributed by atoms with van der Waals surface area (Å²) in [6.45, 7) is 2.54. The highest BCUT2D eigenvalue weighted by molar-refractivity contribution is 14.1. The third kappa shape index (κ3) is 2.99. The summed E-state index contributed by atoms with van der Waals surface area (Å²) in [6, 6.07) is 11.1. The zero-order valence-electron chi connectivity index (χ0n) is 12.5. The summed E-state index contributed by atoms with van der Waals surface area (Å²) >= 11 is 2.25. The molecular formula is C18H19IN2O. The fraction of sp³-hybridized carbons (Fsp3) is 0.389. The van der Waals surface area contributed by atoms with Crippen LogP contribution in [0, 0.1) is 3.57 Å². The molecule has 22 heavy (non-hydrogen) atoms. The molecule has 1 aliphatic heterocycles. The van der Waals surface area contributed by atoms with E-state index in [0.717, 1.165) is 15.7 Å². The van der Waals surface area contributed by atoms with Crippen LogP contribution in [-0.2, 0) is 12.8 Å². The zero-order valence-corrected chi connectivity index (χ0v) is 14.6. The smallest absolute Gasteiger partial charge is 0.219 e. The van der Waals surface area contributed by atoms with Crippen molar-refractivity contribution in [3.8, 4) is 11.6 Å². The van der Waals surface area contributed by atoms with Gasteiger partial charge in [0.05, 0.1) is 0 Å². The van der Waals surface area contributed by atoms with Crippen molar-refractivity contribution in [1.82, 2.24) is 9.88 Å². The number of hydrogen-bond acceptors (Lipinski definition) is 3. The minimum atomic E-state index is 0.662. The maximum absolute atomic E-state index is 5.89. The predicted octanol–water partition coefficient (Wildman–Crippen LogP) is 4.04. The molecule has 1 aliphatic carbocycles. The number of ether oxygens (including phenoxy) is 1. The molecule has 0 amide bonds. The van der Waals surface area contributed by atoms with Crippen LogP contribution in [0.25, 0.3) is 0 Å². The lowest BCUT2D eigenvalue weighted by Gasteiger charge is -2.22.